The van der Waals surface area contributed by atoms with Gasteiger partial charge in [0.05, 0.1) is 17.1 Å². The molecule has 0 spiro atoms. The molecule has 0 aromatic heterocycles. The predicted octanol–water partition coefficient (Wildman–Crippen LogP) is 3.64. The molecule has 1 unspecified atom stereocenters. The van der Waals surface area contributed by atoms with E-state index >= 15 is 0 Å². The molecule has 4 heteroatoms. The fourth-order valence-corrected chi connectivity index (χ4v) is 3.05. The molecule has 0 bridgehead atoms. The van der Waals surface area contributed by atoms with Crippen molar-refractivity contribution in [3.8, 4) is 0 Å². The number of nitrogens with zero attached hydrogens (tertiary/aromatic N) is 2. The molecular weight excluding hydrogens is 286 g/mol. The Morgan fingerprint density at radius 3 is 2.57 bits per heavy atom. The predicted molar refractivity (Wildman–Crippen MR) is 95.0 cm³/mol. The summed E-state index contributed by atoms with van der Waals surface area (Å²) in [5.74, 6) is 0.324. The molecule has 23 heavy (non-hydrogen) atoms. The number of aliphatic imine (C=N–C) groups is 2. The van der Waals surface area contributed by atoms with E-state index in [0.29, 0.717) is 17.1 Å². The second-order valence-electron chi connectivity index (χ2n) is 5.74. The minimum atomic E-state index is -0.635. The number of nitrogens with two attached hydrogens (primary N) is 1. The van der Waals surface area contributed by atoms with Gasteiger partial charge in [0.25, 0.3) is 0 Å². The fraction of sp³-hybridized carbons (Fsp3) is 0.105. The Labute approximate surface area is 133 Å². The monoisotopic (exact) mass is 301 g/mol. The largest absolute Gasteiger partial charge is 0.388 e. The Morgan fingerprint density at radius 1 is 1.09 bits per heavy atom. The third-order valence-electron chi connectivity index (χ3n) is 4.08. The number of benzene rings is 3. The van der Waals surface area contributed by atoms with Crippen molar-refractivity contribution >= 4 is 45.1 Å². The number of carbonyl (C=O) groups excluding carboxylic acids is 1. The lowest BCUT2D eigenvalue weighted by atomic mass is 9.92. The van der Waals surface area contributed by atoms with Crippen molar-refractivity contribution in [2.24, 2.45) is 15.7 Å². The maximum Gasteiger partial charge on any atom is 0.195 e. The number of fused-ring (bicyclic) bond motifs is 4. The third kappa shape index (κ3) is 2.19. The molecule has 0 radical (unpaired) electrons. The van der Waals surface area contributed by atoms with Crippen LogP contribution in [0.25, 0.3) is 21.5 Å². The molecule has 112 valence electrons. The molecule has 3 aromatic carbocycles. The Bertz CT molecular complexity index is 1010. The molecular formula is C19H15N3O. The Balaban J connectivity index is 2.01. The van der Waals surface area contributed by atoms with Crippen LogP contribution in [0.2, 0.25) is 0 Å². The standard InChI is InChI=1S/C19H15N3O/c1-11(20)22-17-10-21-16-7-6-14-8-12-4-2-3-5-13(12)9-15(14)18(16)19(17)23/h2-10,17H,1H3,(H2,20,22). The summed E-state index contributed by atoms with van der Waals surface area (Å²) < 4.78 is 0. The van der Waals surface area contributed by atoms with Crippen molar-refractivity contribution in [1.82, 2.24) is 0 Å². The van der Waals surface area contributed by atoms with Crippen molar-refractivity contribution in [2.45, 2.75) is 13.0 Å². The Kier molecular flexibility index (Phi) is 2.98. The summed E-state index contributed by atoms with van der Waals surface area (Å²) in [6.45, 7) is 1.67. The van der Waals surface area contributed by atoms with Crippen molar-refractivity contribution < 1.29 is 4.79 Å². The van der Waals surface area contributed by atoms with Crippen LogP contribution in [-0.2, 0) is 0 Å². The highest BCUT2D eigenvalue weighted by atomic mass is 16.1. The molecule has 0 fully saturated rings. The average Bonchev–Trinajstić information content (AvgIpc) is 2.55. The normalized spacial score (nSPS) is 17.7. The lowest BCUT2D eigenvalue weighted by molar-refractivity contribution is 0.0987. The second kappa shape index (κ2) is 5.02. The molecule has 2 N–H and O–H groups in total. The van der Waals surface area contributed by atoms with Crippen LogP contribution < -0.4 is 5.73 Å². The van der Waals surface area contributed by atoms with Crippen LogP contribution in [0.15, 0.2) is 58.5 Å². The highest BCUT2D eigenvalue weighted by molar-refractivity contribution is 6.23. The zero-order chi connectivity index (χ0) is 16.0. The van der Waals surface area contributed by atoms with Gasteiger partial charge in [0, 0.05) is 6.21 Å². The number of ketones is 1. The summed E-state index contributed by atoms with van der Waals surface area (Å²) in [5, 5.41) is 4.20. The fourth-order valence-electron chi connectivity index (χ4n) is 3.05. The number of carbonyl (C=O) groups is 1. The van der Waals surface area contributed by atoms with Crippen LogP contribution in [0.5, 0.6) is 0 Å². The number of rotatable bonds is 1. The lowest BCUT2D eigenvalue weighted by Crippen LogP contribution is -2.26. The van der Waals surface area contributed by atoms with Crippen molar-refractivity contribution in [3.05, 3.63) is 54.1 Å². The van der Waals surface area contributed by atoms with E-state index in [0.717, 1.165) is 21.5 Å². The second-order valence-corrected chi connectivity index (χ2v) is 5.74. The summed E-state index contributed by atoms with van der Waals surface area (Å²) in [6, 6.07) is 15.5. The summed E-state index contributed by atoms with van der Waals surface area (Å²) in [7, 11) is 0. The molecule has 4 nitrogen and oxygen atoms in total. The summed E-state index contributed by atoms with van der Waals surface area (Å²) in [6.07, 6.45) is 1.56. The highest BCUT2D eigenvalue weighted by Gasteiger charge is 2.26. The molecule has 1 atom stereocenters. The van der Waals surface area contributed by atoms with E-state index in [9.17, 15) is 4.79 Å². The molecule has 1 aliphatic rings. The van der Waals surface area contributed by atoms with Crippen molar-refractivity contribution in [2.75, 3.05) is 0 Å². The Morgan fingerprint density at radius 2 is 1.83 bits per heavy atom. The summed E-state index contributed by atoms with van der Waals surface area (Å²) in [4.78, 5) is 21.4. The van der Waals surface area contributed by atoms with E-state index in [2.05, 4.69) is 28.2 Å². The van der Waals surface area contributed by atoms with Crippen LogP contribution >= 0.6 is 0 Å². The van der Waals surface area contributed by atoms with Gasteiger partial charge in [0.15, 0.2) is 5.78 Å². The molecule has 4 rings (SSSR count). The highest BCUT2D eigenvalue weighted by Crippen LogP contribution is 2.34. The van der Waals surface area contributed by atoms with Crippen LogP contribution in [0, 0.1) is 0 Å². The number of hydrogen-bond donors (Lipinski definition) is 1. The first-order valence-electron chi connectivity index (χ1n) is 7.47. The molecule has 1 aliphatic heterocycles. The molecule has 0 saturated carbocycles. The number of amidine groups is 1. The van der Waals surface area contributed by atoms with Crippen molar-refractivity contribution in [1.29, 1.82) is 0 Å². The van der Waals surface area contributed by atoms with Gasteiger partial charge in [-0.05, 0) is 46.7 Å². The van der Waals surface area contributed by atoms with Crippen LogP contribution in [0.4, 0.5) is 5.69 Å². The van der Waals surface area contributed by atoms with Crippen LogP contribution in [0.3, 0.4) is 0 Å². The topological polar surface area (TPSA) is 67.8 Å². The van der Waals surface area contributed by atoms with Crippen LogP contribution in [-0.4, -0.2) is 23.9 Å². The molecule has 1 heterocycles. The first-order chi connectivity index (χ1) is 11.1. The first kappa shape index (κ1) is 13.6. The van der Waals surface area contributed by atoms with E-state index in [1.807, 2.05) is 30.3 Å². The van der Waals surface area contributed by atoms with Crippen molar-refractivity contribution in [3.63, 3.8) is 0 Å². The molecule has 0 amide bonds. The molecule has 3 aromatic rings. The van der Waals surface area contributed by atoms with E-state index in [1.54, 1.807) is 13.1 Å². The SMILES string of the molecule is CC(N)=NC1C=Nc2ccc3cc4ccccc4cc3c2C1=O. The van der Waals surface area contributed by atoms with E-state index in [-0.39, 0.29) is 5.78 Å². The minimum absolute atomic E-state index is 0.0549. The molecule has 0 aliphatic carbocycles. The minimum Gasteiger partial charge on any atom is -0.388 e. The number of Topliss-reactive ketones (excluding diaryl/α,β-unsaturated/α-hetero) is 1. The van der Waals surface area contributed by atoms with Gasteiger partial charge in [0.1, 0.15) is 6.04 Å². The van der Waals surface area contributed by atoms with Gasteiger partial charge < -0.3 is 5.73 Å². The lowest BCUT2D eigenvalue weighted by Gasteiger charge is -2.17. The summed E-state index contributed by atoms with van der Waals surface area (Å²) in [5.41, 5.74) is 6.95. The van der Waals surface area contributed by atoms with Gasteiger partial charge in [-0.15, -0.1) is 0 Å². The summed E-state index contributed by atoms with van der Waals surface area (Å²) >= 11 is 0. The number of hydrogen-bond acceptors (Lipinski definition) is 3. The maximum atomic E-state index is 12.8. The van der Waals surface area contributed by atoms with E-state index < -0.39 is 6.04 Å². The van der Waals surface area contributed by atoms with Gasteiger partial charge in [-0.25, -0.2) is 0 Å². The Hall–Kier alpha value is -3.01. The zero-order valence-corrected chi connectivity index (χ0v) is 12.7. The van der Waals surface area contributed by atoms with E-state index in [1.165, 1.54) is 0 Å². The maximum absolute atomic E-state index is 12.8. The van der Waals surface area contributed by atoms with Gasteiger partial charge in [0.2, 0.25) is 0 Å². The smallest absolute Gasteiger partial charge is 0.195 e. The zero-order valence-electron chi connectivity index (χ0n) is 12.7. The van der Waals surface area contributed by atoms with Crippen LogP contribution in [0.1, 0.15) is 17.3 Å². The van der Waals surface area contributed by atoms with E-state index in [4.69, 9.17) is 5.73 Å². The quantitative estimate of drug-likeness (QED) is 0.423. The van der Waals surface area contributed by atoms with Gasteiger partial charge in [-0.1, -0.05) is 30.3 Å². The van der Waals surface area contributed by atoms with Gasteiger partial charge in [-0.2, -0.15) is 0 Å². The third-order valence-corrected chi connectivity index (χ3v) is 4.08. The molecule has 0 saturated heterocycles. The van der Waals surface area contributed by atoms with Gasteiger partial charge >= 0.3 is 0 Å². The average molecular weight is 301 g/mol. The van der Waals surface area contributed by atoms with Gasteiger partial charge in [-0.3, -0.25) is 14.8 Å². The first-order valence-corrected chi connectivity index (χ1v) is 7.47.